The molecule has 0 fully saturated rings. The van der Waals surface area contributed by atoms with Gasteiger partial charge in [-0.05, 0) is 31.4 Å². The van der Waals surface area contributed by atoms with Crippen LogP contribution in [0.25, 0.3) is 0 Å². The van der Waals surface area contributed by atoms with Crippen molar-refractivity contribution in [2.24, 2.45) is 0 Å². The van der Waals surface area contributed by atoms with Gasteiger partial charge in [-0.15, -0.1) is 0 Å². The maximum atomic E-state index is 13.5. The summed E-state index contributed by atoms with van der Waals surface area (Å²) in [5, 5.41) is 0. The van der Waals surface area contributed by atoms with Crippen LogP contribution in [-0.2, 0) is 25.7 Å². The summed E-state index contributed by atoms with van der Waals surface area (Å²) in [7, 11) is 0. The summed E-state index contributed by atoms with van der Waals surface area (Å²) >= 11 is 0. The van der Waals surface area contributed by atoms with Crippen molar-refractivity contribution in [1.82, 2.24) is 0 Å². The maximum absolute atomic E-state index is 13.5. The van der Waals surface area contributed by atoms with Gasteiger partial charge in [-0.1, -0.05) is 39.0 Å². The molecule has 0 aliphatic rings. The lowest BCUT2D eigenvalue weighted by molar-refractivity contribution is -0.145. The van der Waals surface area contributed by atoms with E-state index in [1.807, 2.05) is 6.92 Å². The van der Waals surface area contributed by atoms with Crippen molar-refractivity contribution in [2.75, 3.05) is 6.61 Å². The molecule has 28 heavy (non-hydrogen) atoms. The van der Waals surface area contributed by atoms with Crippen LogP contribution >= 0.6 is 0 Å². The zero-order valence-electron chi connectivity index (χ0n) is 16.4. The monoisotopic (exact) mass is 402 g/mol. The lowest BCUT2D eigenvalue weighted by Gasteiger charge is -2.07. The zero-order valence-corrected chi connectivity index (χ0v) is 16.4. The fourth-order valence-corrected chi connectivity index (χ4v) is 2.57. The van der Waals surface area contributed by atoms with Crippen molar-refractivity contribution in [1.29, 1.82) is 0 Å². The normalized spacial score (nSPS) is 10.7. The van der Waals surface area contributed by atoms with E-state index in [9.17, 15) is 22.8 Å². The number of unbranched alkanes of at least 4 members (excludes halogenated alkanes) is 6. The molecule has 7 heteroatoms. The van der Waals surface area contributed by atoms with Gasteiger partial charge in [0.1, 0.15) is 12.4 Å². The van der Waals surface area contributed by atoms with Crippen molar-refractivity contribution in [3.8, 4) is 0 Å². The summed E-state index contributed by atoms with van der Waals surface area (Å²) in [4.78, 5) is 23.0. The summed E-state index contributed by atoms with van der Waals surface area (Å²) in [6.45, 7) is 1.91. The smallest absolute Gasteiger partial charge is 0.306 e. The van der Waals surface area contributed by atoms with Crippen LogP contribution in [0.1, 0.15) is 76.7 Å². The molecule has 0 spiro atoms. The van der Waals surface area contributed by atoms with E-state index in [1.165, 1.54) is 0 Å². The molecule has 1 aromatic carbocycles. The van der Waals surface area contributed by atoms with Gasteiger partial charge in [-0.2, -0.15) is 0 Å². The van der Waals surface area contributed by atoms with E-state index in [-0.39, 0.29) is 12.4 Å². The predicted molar refractivity (Wildman–Crippen MR) is 98.9 cm³/mol. The lowest BCUT2D eigenvalue weighted by Crippen LogP contribution is -2.08. The van der Waals surface area contributed by atoms with Gasteiger partial charge in [0, 0.05) is 12.8 Å². The Morgan fingerprint density at radius 2 is 1.32 bits per heavy atom. The molecule has 0 heterocycles. The number of rotatable bonds is 14. The first kappa shape index (κ1) is 24.0. The van der Waals surface area contributed by atoms with E-state index < -0.39 is 35.6 Å². The fraction of sp³-hybridized carbons (Fsp3) is 0.619. The minimum Gasteiger partial charge on any atom is -0.466 e. The third-order valence-corrected chi connectivity index (χ3v) is 4.29. The van der Waals surface area contributed by atoms with Crippen molar-refractivity contribution in [3.05, 3.63) is 35.1 Å². The summed E-state index contributed by atoms with van der Waals surface area (Å²) < 4.78 is 49.9. The molecule has 4 nitrogen and oxygen atoms in total. The molecule has 0 aliphatic heterocycles. The molecule has 0 atom stereocenters. The number of ether oxygens (including phenoxy) is 2. The maximum Gasteiger partial charge on any atom is 0.306 e. The summed E-state index contributed by atoms with van der Waals surface area (Å²) in [5.41, 5.74) is -0.582. The Balaban J connectivity index is 2.04. The Hall–Kier alpha value is -2.05. The van der Waals surface area contributed by atoms with Gasteiger partial charge in [-0.25, -0.2) is 13.2 Å². The van der Waals surface area contributed by atoms with Gasteiger partial charge in [0.25, 0.3) is 0 Å². The van der Waals surface area contributed by atoms with Crippen LogP contribution in [0, 0.1) is 17.5 Å². The SMILES string of the molecule is CCCCOC(=O)CCCCCCCCC(=O)OCc1c(F)ccc(F)c1F. The minimum absolute atomic E-state index is 0.141. The molecule has 1 rings (SSSR count). The molecule has 158 valence electrons. The zero-order chi connectivity index (χ0) is 20.8. The van der Waals surface area contributed by atoms with Crippen molar-refractivity contribution in [2.45, 2.75) is 77.7 Å². The van der Waals surface area contributed by atoms with Crippen LogP contribution < -0.4 is 0 Å². The van der Waals surface area contributed by atoms with Crippen molar-refractivity contribution in [3.63, 3.8) is 0 Å². The Bertz CT molecular complexity index is 620. The summed E-state index contributed by atoms with van der Waals surface area (Å²) in [6.07, 6.45) is 7.47. The molecule has 0 radical (unpaired) electrons. The predicted octanol–water partition coefficient (Wildman–Crippen LogP) is 5.61. The third kappa shape index (κ3) is 9.76. The number of benzene rings is 1. The van der Waals surface area contributed by atoms with Gasteiger partial charge in [0.2, 0.25) is 0 Å². The number of carbonyl (C=O) groups is 2. The molecule has 0 bridgehead atoms. The highest BCUT2D eigenvalue weighted by atomic mass is 19.2. The number of halogens is 3. The second-order valence-electron chi connectivity index (χ2n) is 6.68. The molecular formula is C21H29F3O4. The largest absolute Gasteiger partial charge is 0.466 e. The van der Waals surface area contributed by atoms with Crippen LogP contribution in [0.5, 0.6) is 0 Å². The van der Waals surface area contributed by atoms with E-state index in [0.29, 0.717) is 25.5 Å². The number of esters is 2. The minimum atomic E-state index is -1.33. The van der Waals surface area contributed by atoms with Gasteiger partial charge in [0.05, 0.1) is 12.2 Å². The molecule has 0 unspecified atom stereocenters. The number of hydrogen-bond donors (Lipinski definition) is 0. The summed E-state index contributed by atoms with van der Waals surface area (Å²) in [5.74, 6) is -4.18. The Morgan fingerprint density at radius 3 is 1.93 bits per heavy atom. The quantitative estimate of drug-likeness (QED) is 0.231. The van der Waals surface area contributed by atoms with Gasteiger partial charge < -0.3 is 9.47 Å². The molecule has 0 aliphatic carbocycles. The fourth-order valence-electron chi connectivity index (χ4n) is 2.57. The molecule has 0 saturated heterocycles. The molecule has 1 aromatic rings. The Labute approximate surface area is 164 Å². The average molecular weight is 402 g/mol. The third-order valence-electron chi connectivity index (χ3n) is 4.29. The average Bonchev–Trinajstić information content (AvgIpc) is 2.67. The van der Waals surface area contributed by atoms with E-state index in [2.05, 4.69) is 0 Å². The van der Waals surface area contributed by atoms with Gasteiger partial charge in [0.15, 0.2) is 11.6 Å². The molecular weight excluding hydrogens is 373 g/mol. The van der Waals surface area contributed by atoms with Gasteiger partial charge >= 0.3 is 11.9 Å². The second-order valence-corrected chi connectivity index (χ2v) is 6.68. The van der Waals surface area contributed by atoms with Crippen LogP contribution in [0.3, 0.4) is 0 Å². The van der Waals surface area contributed by atoms with E-state index in [1.54, 1.807) is 0 Å². The molecule has 0 N–H and O–H groups in total. The standard InChI is InChI=1S/C21H29F3O4/c1-2-3-14-27-19(25)10-8-6-4-5-7-9-11-20(26)28-15-16-17(22)12-13-18(23)21(16)24/h12-13H,2-11,14-15H2,1H3. The highest BCUT2D eigenvalue weighted by Gasteiger charge is 2.15. The Kier molecular flexibility index (Phi) is 12.0. The van der Waals surface area contributed by atoms with Crippen LogP contribution in [0.4, 0.5) is 13.2 Å². The van der Waals surface area contributed by atoms with Gasteiger partial charge in [-0.3, -0.25) is 9.59 Å². The van der Waals surface area contributed by atoms with Crippen LogP contribution in [-0.4, -0.2) is 18.5 Å². The number of hydrogen-bond acceptors (Lipinski definition) is 4. The first-order chi connectivity index (χ1) is 13.5. The molecule has 0 saturated carbocycles. The molecule has 0 aromatic heterocycles. The summed E-state index contributed by atoms with van der Waals surface area (Å²) in [6, 6.07) is 1.48. The highest BCUT2D eigenvalue weighted by Crippen LogP contribution is 2.17. The Morgan fingerprint density at radius 1 is 0.786 bits per heavy atom. The van der Waals surface area contributed by atoms with Crippen LogP contribution in [0.2, 0.25) is 0 Å². The first-order valence-electron chi connectivity index (χ1n) is 9.89. The van der Waals surface area contributed by atoms with E-state index in [4.69, 9.17) is 9.47 Å². The van der Waals surface area contributed by atoms with Crippen molar-refractivity contribution >= 4 is 11.9 Å². The van der Waals surface area contributed by atoms with E-state index in [0.717, 1.165) is 51.0 Å². The van der Waals surface area contributed by atoms with Crippen molar-refractivity contribution < 1.29 is 32.2 Å². The first-order valence-corrected chi connectivity index (χ1v) is 9.89. The number of carbonyl (C=O) groups excluding carboxylic acids is 2. The lowest BCUT2D eigenvalue weighted by atomic mass is 10.1. The molecule has 0 amide bonds. The van der Waals surface area contributed by atoms with Crippen LogP contribution in [0.15, 0.2) is 12.1 Å². The second kappa shape index (κ2) is 14.0. The topological polar surface area (TPSA) is 52.6 Å². The highest BCUT2D eigenvalue weighted by molar-refractivity contribution is 5.69. The van der Waals surface area contributed by atoms with E-state index >= 15 is 0 Å².